The Kier molecular flexibility index (Phi) is 3.80. The molecule has 0 unspecified atom stereocenters. The van der Waals surface area contributed by atoms with Gasteiger partial charge in [-0.1, -0.05) is 12.1 Å². The van der Waals surface area contributed by atoms with Crippen molar-refractivity contribution in [1.29, 1.82) is 0 Å². The smallest absolute Gasteiger partial charge is 0.406 e. The molecule has 5 heteroatoms. The summed E-state index contributed by atoms with van der Waals surface area (Å²) in [6.45, 7) is 0. The van der Waals surface area contributed by atoms with Crippen LogP contribution in [0.4, 0.5) is 13.2 Å². The van der Waals surface area contributed by atoms with Crippen molar-refractivity contribution in [2.75, 3.05) is 0 Å². The van der Waals surface area contributed by atoms with Crippen LogP contribution in [0.15, 0.2) is 24.3 Å². The molecule has 0 radical (unpaired) electrons. The highest BCUT2D eigenvalue weighted by Gasteiger charge is 2.31. The van der Waals surface area contributed by atoms with E-state index in [1.807, 2.05) is 0 Å². The van der Waals surface area contributed by atoms with Crippen LogP contribution in [0, 0.1) is 0 Å². The average Bonchev–Trinajstić information content (AvgIpc) is 2.29. The van der Waals surface area contributed by atoms with E-state index in [4.69, 9.17) is 5.73 Å². The van der Waals surface area contributed by atoms with Crippen molar-refractivity contribution in [2.45, 2.75) is 44.0 Å². The molecule has 2 nitrogen and oxygen atoms in total. The molecule has 0 bridgehead atoms. The Bertz CT molecular complexity index is 380. The summed E-state index contributed by atoms with van der Waals surface area (Å²) in [4.78, 5) is 0. The first-order chi connectivity index (χ1) is 8.44. The third-order valence-corrected chi connectivity index (χ3v) is 3.36. The van der Waals surface area contributed by atoms with E-state index in [2.05, 4.69) is 4.74 Å². The predicted molar refractivity (Wildman–Crippen MR) is 62.3 cm³/mol. The van der Waals surface area contributed by atoms with E-state index >= 15 is 0 Å². The van der Waals surface area contributed by atoms with Crippen molar-refractivity contribution in [3.63, 3.8) is 0 Å². The fraction of sp³-hybridized carbons (Fsp3) is 0.538. The molecule has 1 aliphatic carbocycles. The van der Waals surface area contributed by atoms with Crippen molar-refractivity contribution >= 4 is 0 Å². The molecule has 1 aromatic carbocycles. The van der Waals surface area contributed by atoms with Gasteiger partial charge in [0.2, 0.25) is 0 Å². The van der Waals surface area contributed by atoms with Crippen LogP contribution in [0.2, 0.25) is 0 Å². The van der Waals surface area contributed by atoms with Crippen LogP contribution in [-0.2, 0) is 0 Å². The van der Waals surface area contributed by atoms with E-state index in [-0.39, 0.29) is 11.8 Å². The van der Waals surface area contributed by atoms with E-state index in [0.717, 1.165) is 31.2 Å². The van der Waals surface area contributed by atoms with Gasteiger partial charge in [0.05, 0.1) is 0 Å². The lowest BCUT2D eigenvalue weighted by Crippen LogP contribution is -2.25. The SMILES string of the molecule is NC1CCC(c2ccc(OC(F)(F)F)cc2)CC1. The van der Waals surface area contributed by atoms with E-state index in [9.17, 15) is 13.2 Å². The molecule has 0 spiro atoms. The van der Waals surface area contributed by atoms with Crippen LogP contribution >= 0.6 is 0 Å². The molecule has 0 amide bonds. The summed E-state index contributed by atoms with van der Waals surface area (Å²) in [7, 11) is 0. The fourth-order valence-electron chi connectivity index (χ4n) is 2.39. The van der Waals surface area contributed by atoms with Crippen LogP contribution in [0.5, 0.6) is 5.75 Å². The Hall–Kier alpha value is -1.23. The van der Waals surface area contributed by atoms with Gasteiger partial charge in [-0.15, -0.1) is 13.2 Å². The highest BCUT2D eigenvalue weighted by molar-refractivity contribution is 5.29. The summed E-state index contributed by atoms with van der Waals surface area (Å²) in [5, 5.41) is 0. The highest BCUT2D eigenvalue weighted by Crippen LogP contribution is 2.33. The number of nitrogens with two attached hydrogens (primary N) is 1. The molecule has 1 aromatic rings. The monoisotopic (exact) mass is 259 g/mol. The van der Waals surface area contributed by atoms with Gasteiger partial charge in [-0.25, -0.2) is 0 Å². The number of hydrogen-bond acceptors (Lipinski definition) is 2. The molecule has 18 heavy (non-hydrogen) atoms. The van der Waals surface area contributed by atoms with Crippen molar-refractivity contribution in [3.05, 3.63) is 29.8 Å². The van der Waals surface area contributed by atoms with Gasteiger partial charge in [-0.2, -0.15) is 0 Å². The van der Waals surface area contributed by atoms with Crippen LogP contribution in [0.3, 0.4) is 0 Å². The molecule has 1 fully saturated rings. The second-order valence-electron chi connectivity index (χ2n) is 4.73. The number of ether oxygens (including phenoxy) is 1. The van der Waals surface area contributed by atoms with Crippen LogP contribution < -0.4 is 10.5 Å². The minimum Gasteiger partial charge on any atom is -0.406 e. The molecule has 0 saturated heterocycles. The molecule has 0 heterocycles. The Morgan fingerprint density at radius 2 is 1.56 bits per heavy atom. The minimum atomic E-state index is -4.63. The van der Waals surface area contributed by atoms with Gasteiger partial charge in [-0.05, 0) is 49.3 Å². The lowest BCUT2D eigenvalue weighted by molar-refractivity contribution is -0.274. The molecule has 2 N–H and O–H groups in total. The molecule has 1 saturated carbocycles. The Morgan fingerprint density at radius 3 is 2.06 bits per heavy atom. The normalized spacial score (nSPS) is 24.9. The zero-order valence-electron chi connectivity index (χ0n) is 9.91. The summed E-state index contributed by atoms with van der Waals surface area (Å²) in [5.41, 5.74) is 6.89. The molecule has 2 rings (SSSR count). The van der Waals surface area contributed by atoms with E-state index in [0.29, 0.717) is 5.92 Å². The van der Waals surface area contributed by atoms with Gasteiger partial charge >= 0.3 is 6.36 Å². The molecule has 0 aromatic heterocycles. The lowest BCUT2D eigenvalue weighted by Gasteiger charge is -2.26. The average molecular weight is 259 g/mol. The van der Waals surface area contributed by atoms with E-state index < -0.39 is 6.36 Å². The molecule has 0 atom stereocenters. The van der Waals surface area contributed by atoms with E-state index in [1.54, 1.807) is 12.1 Å². The number of hydrogen-bond donors (Lipinski definition) is 1. The summed E-state index contributed by atoms with van der Waals surface area (Å²) < 4.78 is 39.9. The zero-order valence-corrected chi connectivity index (χ0v) is 9.91. The summed E-state index contributed by atoms with van der Waals surface area (Å²) >= 11 is 0. The lowest BCUT2D eigenvalue weighted by atomic mass is 9.82. The van der Waals surface area contributed by atoms with Gasteiger partial charge in [0, 0.05) is 6.04 Å². The number of alkyl halides is 3. The second kappa shape index (κ2) is 5.18. The number of benzene rings is 1. The van der Waals surface area contributed by atoms with Crippen LogP contribution in [0.25, 0.3) is 0 Å². The summed E-state index contributed by atoms with van der Waals surface area (Å²) in [5.74, 6) is 0.239. The van der Waals surface area contributed by atoms with Gasteiger partial charge in [0.15, 0.2) is 0 Å². The van der Waals surface area contributed by atoms with Gasteiger partial charge in [0.1, 0.15) is 5.75 Å². The largest absolute Gasteiger partial charge is 0.573 e. The Labute approximate surface area is 104 Å². The number of rotatable bonds is 2. The van der Waals surface area contributed by atoms with Crippen molar-refractivity contribution in [1.82, 2.24) is 0 Å². The quantitative estimate of drug-likeness (QED) is 0.881. The topological polar surface area (TPSA) is 35.2 Å². The van der Waals surface area contributed by atoms with Gasteiger partial charge in [0.25, 0.3) is 0 Å². The maximum Gasteiger partial charge on any atom is 0.573 e. The summed E-state index contributed by atoms with van der Waals surface area (Å²) in [6.07, 6.45) is -0.669. The van der Waals surface area contributed by atoms with Gasteiger partial charge < -0.3 is 10.5 Å². The minimum absolute atomic E-state index is 0.168. The first-order valence-electron chi connectivity index (χ1n) is 6.05. The van der Waals surface area contributed by atoms with Crippen LogP contribution in [0.1, 0.15) is 37.2 Å². The predicted octanol–water partition coefficient (Wildman–Crippen LogP) is 3.57. The molecule has 100 valence electrons. The molecule has 0 aliphatic heterocycles. The van der Waals surface area contributed by atoms with Gasteiger partial charge in [-0.3, -0.25) is 0 Å². The third kappa shape index (κ3) is 3.63. The second-order valence-corrected chi connectivity index (χ2v) is 4.73. The van der Waals surface area contributed by atoms with Crippen molar-refractivity contribution < 1.29 is 17.9 Å². The zero-order chi connectivity index (χ0) is 13.2. The maximum atomic E-state index is 12.0. The standard InChI is InChI=1S/C13H16F3NO/c14-13(15,16)18-12-7-3-10(4-8-12)9-1-5-11(17)6-2-9/h3-4,7-9,11H,1-2,5-6,17H2. The van der Waals surface area contributed by atoms with Crippen molar-refractivity contribution in [2.24, 2.45) is 5.73 Å². The first-order valence-corrected chi connectivity index (χ1v) is 6.05. The van der Waals surface area contributed by atoms with Crippen LogP contribution in [-0.4, -0.2) is 12.4 Å². The highest BCUT2D eigenvalue weighted by atomic mass is 19.4. The maximum absolute atomic E-state index is 12.0. The first kappa shape index (κ1) is 13.2. The molecular weight excluding hydrogens is 243 g/mol. The molecule has 1 aliphatic rings. The van der Waals surface area contributed by atoms with E-state index in [1.165, 1.54) is 12.1 Å². The molecular formula is C13H16F3NO. The summed E-state index contributed by atoms with van der Waals surface area (Å²) in [6, 6.07) is 6.44. The fourth-order valence-corrected chi connectivity index (χ4v) is 2.39. The number of halogens is 3. The third-order valence-electron chi connectivity index (χ3n) is 3.36. The van der Waals surface area contributed by atoms with Crippen molar-refractivity contribution in [3.8, 4) is 5.75 Å². The Morgan fingerprint density at radius 1 is 1.00 bits per heavy atom. The Balaban J connectivity index is 1.99.